The van der Waals surface area contributed by atoms with Gasteiger partial charge in [-0.25, -0.2) is 23.1 Å². The van der Waals surface area contributed by atoms with Gasteiger partial charge >= 0.3 is 0 Å². The maximum Gasteiger partial charge on any atom is 0.240 e. The zero-order valence-electron chi connectivity index (χ0n) is 17.4. The fraction of sp³-hybridized carbons (Fsp3) is 0.208. The van der Waals surface area contributed by atoms with Crippen molar-refractivity contribution in [2.24, 2.45) is 0 Å². The molecule has 3 heterocycles. The second-order valence-corrected chi connectivity index (χ2v) is 9.54. The molecule has 1 aliphatic heterocycles. The lowest BCUT2D eigenvalue weighted by molar-refractivity contribution is 0.459. The molecule has 1 aliphatic rings. The van der Waals surface area contributed by atoms with Crippen molar-refractivity contribution in [1.29, 1.82) is 0 Å². The minimum Gasteiger partial charge on any atom is -0.356 e. The van der Waals surface area contributed by atoms with E-state index in [0.29, 0.717) is 36.7 Å². The molecule has 0 amide bonds. The number of nitrogens with one attached hydrogen (secondary N) is 1. The summed E-state index contributed by atoms with van der Waals surface area (Å²) in [6, 6.07) is 20.2. The van der Waals surface area contributed by atoms with Crippen molar-refractivity contribution in [3.63, 3.8) is 0 Å². The van der Waals surface area contributed by atoms with Crippen LogP contribution in [0.4, 0.5) is 5.82 Å². The van der Waals surface area contributed by atoms with E-state index in [0.717, 1.165) is 22.3 Å². The molecule has 0 radical (unpaired) electrons. The summed E-state index contributed by atoms with van der Waals surface area (Å²) in [4.78, 5) is 16.3. The third-order valence-corrected chi connectivity index (χ3v) is 7.21. The van der Waals surface area contributed by atoms with Crippen LogP contribution >= 0.6 is 0 Å². The van der Waals surface area contributed by atoms with Gasteiger partial charge in [-0.2, -0.15) is 0 Å². The zero-order chi connectivity index (χ0) is 22.0. The molecular formula is C24H23N5O2S. The number of aromatic nitrogens is 3. The van der Waals surface area contributed by atoms with Crippen LogP contribution in [0, 0.1) is 0 Å². The van der Waals surface area contributed by atoms with E-state index in [9.17, 15) is 8.42 Å². The number of hydrogen-bond donors (Lipinski definition) is 1. The molecule has 8 heteroatoms. The van der Waals surface area contributed by atoms with Crippen LogP contribution in [-0.4, -0.2) is 42.5 Å². The number of anilines is 1. The first-order chi connectivity index (χ1) is 15.6. The highest BCUT2D eigenvalue weighted by molar-refractivity contribution is 7.89. The average Bonchev–Trinajstić information content (AvgIpc) is 2.85. The summed E-state index contributed by atoms with van der Waals surface area (Å²) >= 11 is 0. The van der Waals surface area contributed by atoms with Gasteiger partial charge in [0, 0.05) is 42.5 Å². The molecule has 32 heavy (non-hydrogen) atoms. The van der Waals surface area contributed by atoms with Gasteiger partial charge in [-0.05, 0) is 49.2 Å². The normalized spacial score (nSPS) is 15.2. The Morgan fingerprint density at radius 1 is 0.875 bits per heavy atom. The van der Waals surface area contributed by atoms with E-state index in [2.05, 4.69) is 14.6 Å². The highest BCUT2D eigenvalue weighted by Gasteiger charge is 2.26. The van der Waals surface area contributed by atoms with Crippen LogP contribution in [0.5, 0.6) is 0 Å². The molecule has 1 fully saturated rings. The van der Waals surface area contributed by atoms with Gasteiger partial charge in [0.15, 0.2) is 5.82 Å². The third-order valence-electron chi connectivity index (χ3n) is 5.67. The lowest BCUT2D eigenvalue weighted by atomic mass is 10.1. The van der Waals surface area contributed by atoms with Gasteiger partial charge in [0.2, 0.25) is 10.0 Å². The standard InChI is InChI=1S/C24H23N5O2S/c30-32(31,20-8-2-1-3-9-20)28-19-12-15-29(16-13-19)24-21-10-4-5-11-22(21)26-23(27-24)18-7-6-14-25-17-18/h1-11,14,17,19,28H,12-13,15-16H2. The summed E-state index contributed by atoms with van der Waals surface area (Å²) in [6.45, 7) is 1.41. The van der Waals surface area contributed by atoms with Gasteiger partial charge in [0.25, 0.3) is 0 Å². The smallest absolute Gasteiger partial charge is 0.240 e. The summed E-state index contributed by atoms with van der Waals surface area (Å²) in [6.07, 6.45) is 4.89. The Labute approximate surface area is 187 Å². The first kappa shape index (κ1) is 20.5. The van der Waals surface area contributed by atoms with Crippen LogP contribution in [0.15, 0.2) is 84.0 Å². The molecule has 162 valence electrons. The first-order valence-electron chi connectivity index (χ1n) is 10.6. The van der Waals surface area contributed by atoms with Gasteiger partial charge in [-0.3, -0.25) is 4.98 Å². The molecule has 0 spiro atoms. The lowest BCUT2D eigenvalue weighted by Crippen LogP contribution is -2.45. The Bertz CT molecular complexity index is 1320. The number of nitrogens with zero attached hydrogens (tertiary/aromatic N) is 4. The topological polar surface area (TPSA) is 88.1 Å². The number of hydrogen-bond acceptors (Lipinski definition) is 6. The maximum atomic E-state index is 12.7. The molecule has 0 bridgehead atoms. The van der Waals surface area contributed by atoms with E-state index in [1.807, 2.05) is 42.5 Å². The molecule has 4 aromatic rings. The number of rotatable bonds is 5. The Hall–Kier alpha value is -3.36. The van der Waals surface area contributed by atoms with E-state index in [-0.39, 0.29) is 6.04 Å². The molecular weight excluding hydrogens is 422 g/mol. The van der Waals surface area contributed by atoms with Crippen LogP contribution in [0.2, 0.25) is 0 Å². The second kappa shape index (κ2) is 8.64. The fourth-order valence-corrected chi connectivity index (χ4v) is 5.35. The van der Waals surface area contributed by atoms with Gasteiger partial charge in [-0.1, -0.05) is 30.3 Å². The van der Waals surface area contributed by atoms with Crippen LogP contribution < -0.4 is 9.62 Å². The zero-order valence-corrected chi connectivity index (χ0v) is 18.2. The van der Waals surface area contributed by atoms with E-state index in [1.54, 1.807) is 36.7 Å². The molecule has 2 aromatic carbocycles. The molecule has 5 rings (SSSR count). The summed E-state index contributed by atoms with van der Waals surface area (Å²) in [5, 5.41) is 0.989. The number of piperidine rings is 1. The van der Waals surface area contributed by atoms with Crippen LogP contribution in [-0.2, 0) is 10.0 Å². The molecule has 0 saturated carbocycles. The van der Waals surface area contributed by atoms with Crippen LogP contribution in [0.25, 0.3) is 22.3 Å². The molecule has 1 saturated heterocycles. The third kappa shape index (κ3) is 4.19. The van der Waals surface area contributed by atoms with Crippen molar-refractivity contribution in [3.8, 4) is 11.4 Å². The van der Waals surface area contributed by atoms with Crippen molar-refractivity contribution in [3.05, 3.63) is 79.1 Å². The van der Waals surface area contributed by atoms with Crippen molar-refractivity contribution in [1.82, 2.24) is 19.7 Å². The quantitative estimate of drug-likeness (QED) is 0.505. The second-order valence-electron chi connectivity index (χ2n) is 7.83. The van der Waals surface area contributed by atoms with Crippen molar-refractivity contribution < 1.29 is 8.42 Å². The molecule has 0 atom stereocenters. The SMILES string of the molecule is O=S(=O)(NC1CCN(c2nc(-c3cccnc3)nc3ccccc23)CC1)c1ccccc1. The molecule has 2 aromatic heterocycles. The summed E-state index contributed by atoms with van der Waals surface area (Å²) in [5.41, 5.74) is 1.74. The maximum absolute atomic E-state index is 12.7. The fourth-order valence-electron chi connectivity index (χ4n) is 4.02. The molecule has 0 aliphatic carbocycles. The van der Waals surface area contributed by atoms with Gasteiger partial charge < -0.3 is 4.90 Å². The van der Waals surface area contributed by atoms with Crippen LogP contribution in [0.1, 0.15) is 12.8 Å². The number of fused-ring (bicyclic) bond motifs is 1. The van der Waals surface area contributed by atoms with E-state index < -0.39 is 10.0 Å². The van der Waals surface area contributed by atoms with Gasteiger partial charge in [-0.15, -0.1) is 0 Å². The highest BCUT2D eigenvalue weighted by atomic mass is 32.2. The summed E-state index contributed by atoms with van der Waals surface area (Å²) in [7, 11) is -3.52. The van der Waals surface area contributed by atoms with E-state index >= 15 is 0 Å². The first-order valence-corrected chi connectivity index (χ1v) is 12.1. The summed E-state index contributed by atoms with van der Waals surface area (Å²) < 4.78 is 28.2. The van der Waals surface area contributed by atoms with Crippen molar-refractivity contribution >= 4 is 26.7 Å². The summed E-state index contributed by atoms with van der Waals surface area (Å²) in [5.74, 6) is 1.51. The van der Waals surface area contributed by atoms with Gasteiger partial charge in [0.1, 0.15) is 5.82 Å². The Morgan fingerprint density at radius 2 is 1.62 bits per heavy atom. The number of pyridine rings is 1. The molecule has 0 unspecified atom stereocenters. The minimum absolute atomic E-state index is 0.109. The monoisotopic (exact) mass is 445 g/mol. The largest absolute Gasteiger partial charge is 0.356 e. The van der Waals surface area contributed by atoms with E-state index in [1.165, 1.54) is 0 Å². The molecule has 7 nitrogen and oxygen atoms in total. The van der Waals surface area contributed by atoms with Crippen molar-refractivity contribution in [2.75, 3.05) is 18.0 Å². The number of benzene rings is 2. The molecule has 1 N–H and O–H groups in total. The highest BCUT2D eigenvalue weighted by Crippen LogP contribution is 2.29. The minimum atomic E-state index is -3.52. The Morgan fingerprint density at radius 3 is 2.38 bits per heavy atom. The lowest BCUT2D eigenvalue weighted by Gasteiger charge is -2.33. The van der Waals surface area contributed by atoms with Crippen LogP contribution in [0.3, 0.4) is 0 Å². The Balaban J connectivity index is 1.38. The number of para-hydroxylation sites is 1. The average molecular weight is 446 g/mol. The van der Waals surface area contributed by atoms with Crippen molar-refractivity contribution in [2.45, 2.75) is 23.8 Å². The predicted molar refractivity (Wildman–Crippen MR) is 125 cm³/mol. The van der Waals surface area contributed by atoms with E-state index in [4.69, 9.17) is 9.97 Å². The van der Waals surface area contributed by atoms with Gasteiger partial charge in [0.05, 0.1) is 10.4 Å². The Kier molecular flexibility index (Phi) is 5.55. The number of sulfonamides is 1. The predicted octanol–water partition coefficient (Wildman–Crippen LogP) is 3.64.